The van der Waals surface area contributed by atoms with E-state index in [4.69, 9.17) is 5.73 Å². The predicted molar refractivity (Wildman–Crippen MR) is 78.8 cm³/mol. The van der Waals surface area contributed by atoms with Crippen molar-refractivity contribution in [3.05, 3.63) is 68.1 Å². The van der Waals surface area contributed by atoms with E-state index in [0.29, 0.717) is 6.42 Å². The minimum absolute atomic E-state index is 0.100. The molecule has 0 bridgehead atoms. The van der Waals surface area contributed by atoms with Crippen molar-refractivity contribution in [2.45, 2.75) is 12.5 Å². The Hall–Kier alpha value is -0.780. The lowest BCUT2D eigenvalue weighted by molar-refractivity contribution is 0.557. The van der Waals surface area contributed by atoms with Crippen LogP contribution >= 0.6 is 31.9 Å². The van der Waals surface area contributed by atoms with E-state index in [1.807, 2.05) is 24.3 Å². The third-order valence-corrected chi connectivity index (χ3v) is 3.88. The predicted octanol–water partition coefficient (Wildman–Crippen LogP) is 4.73. The second kappa shape index (κ2) is 6.11. The molecular weight excluding hydrogens is 380 g/mol. The van der Waals surface area contributed by atoms with Crippen molar-refractivity contribution in [1.29, 1.82) is 0 Å². The van der Waals surface area contributed by atoms with Crippen molar-refractivity contribution in [2.24, 2.45) is 5.73 Å². The first-order chi connectivity index (χ1) is 8.97. The molecule has 1 unspecified atom stereocenters. The van der Waals surface area contributed by atoms with Crippen LogP contribution in [0.15, 0.2) is 45.3 Å². The molecular formula is C14H11Br2F2N. The Balaban J connectivity index is 2.25. The largest absolute Gasteiger partial charge is 0.324 e. The maximum absolute atomic E-state index is 13.8. The van der Waals surface area contributed by atoms with Crippen LogP contribution in [0.2, 0.25) is 0 Å². The molecule has 19 heavy (non-hydrogen) atoms. The van der Waals surface area contributed by atoms with Gasteiger partial charge in [-0.05, 0) is 52.2 Å². The summed E-state index contributed by atoms with van der Waals surface area (Å²) in [6.07, 6.45) is 0.442. The summed E-state index contributed by atoms with van der Waals surface area (Å²) >= 11 is 6.31. The monoisotopic (exact) mass is 389 g/mol. The molecule has 2 aromatic rings. The summed E-state index contributed by atoms with van der Waals surface area (Å²) in [5, 5.41) is 0. The standard InChI is InChI=1S/C14H11Br2F2N/c15-9-3-1-2-8(4-9)5-14(19)10-6-13(18)11(16)7-12(10)17/h1-4,6-7,14H,5,19H2. The molecule has 0 fully saturated rings. The zero-order chi connectivity index (χ0) is 14.0. The first kappa shape index (κ1) is 14.6. The number of halogens is 4. The van der Waals surface area contributed by atoms with E-state index in [9.17, 15) is 8.78 Å². The van der Waals surface area contributed by atoms with Gasteiger partial charge in [-0.15, -0.1) is 0 Å². The summed E-state index contributed by atoms with van der Waals surface area (Å²) in [7, 11) is 0. The average Bonchev–Trinajstić information content (AvgIpc) is 2.33. The summed E-state index contributed by atoms with van der Waals surface area (Å²) in [6.45, 7) is 0. The smallest absolute Gasteiger partial charge is 0.137 e. The van der Waals surface area contributed by atoms with Crippen LogP contribution in [-0.2, 0) is 6.42 Å². The molecule has 0 heterocycles. The van der Waals surface area contributed by atoms with Crippen molar-refractivity contribution < 1.29 is 8.78 Å². The van der Waals surface area contributed by atoms with Crippen molar-refractivity contribution in [2.75, 3.05) is 0 Å². The Labute approximate surface area is 127 Å². The highest BCUT2D eigenvalue weighted by molar-refractivity contribution is 9.10. The summed E-state index contributed by atoms with van der Waals surface area (Å²) < 4.78 is 28.3. The third kappa shape index (κ3) is 3.61. The van der Waals surface area contributed by atoms with Crippen LogP contribution in [0.25, 0.3) is 0 Å². The first-order valence-corrected chi connectivity index (χ1v) is 7.20. The van der Waals surface area contributed by atoms with Crippen LogP contribution < -0.4 is 5.73 Å². The highest BCUT2D eigenvalue weighted by Gasteiger charge is 2.15. The summed E-state index contributed by atoms with van der Waals surface area (Å²) in [4.78, 5) is 0. The van der Waals surface area contributed by atoms with E-state index in [1.54, 1.807) is 0 Å². The Morgan fingerprint density at radius 2 is 1.79 bits per heavy atom. The number of benzene rings is 2. The van der Waals surface area contributed by atoms with Gasteiger partial charge in [0.05, 0.1) is 4.47 Å². The Morgan fingerprint density at radius 3 is 2.47 bits per heavy atom. The molecule has 1 atom stereocenters. The van der Waals surface area contributed by atoms with Gasteiger partial charge in [0.15, 0.2) is 0 Å². The maximum Gasteiger partial charge on any atom is 0.137 e. The molecule has 0 aliphatic heterocycles. The average molecular weight is 391 g/mol. The Kier molecular flexibility index (Phi) is 4.71. The maximum atomic E-state index is 13.8. The molecule has 0 aliphatic rings. The third-order valence-electron chi connectivity index (χ3n) is 2.78. The SMILES string of the molecule is NC(Cc1cccc(Br)c1)c1cc(F)c(Br)cc1F. The molecule has 0 aromatic heterocycles. The van der Waals surface area contributed by atoms with E-state index < -0.39 is 17.7 Å². The topological polar surface area (TPSA) is 26.0 Å². The number of hydrogen-bond donors (Lipinski definition) is 1. The lowest BCUT2D eigenvalue weighted by Gasteiger charge is -2.14. The lowest BCUT2D eigenvalue weighted by atomic mass is 9.99. The van der Waals surface area contributed by atoms with Gasteiger partial charge in [0.25, 0.3) is 0 Å². The molecule has 2 rings (SSSR count). The zero-order valence-electron chi connectivity index (χ0n) is 9.84. The molecule has 100 valence electrons. The van der Waals surface area contributed by atoms with Crippen molar-refractivity contribution >= 4 is 31.9 Å². The normalized spacial score (nSPS) is 12.5. The van der Waals surface area contributed by atoms with Crippen molar-refractivity contribution in [3.8, 4) is 0 Å². The van der Waals surface area contributed by atoms with Crippen LogP contribution in [0, 0.1) is 11.6 Å². The minimum atomic E-state index is -0.586. The molecule has 2 aromatic carbocycles. The van der Waals surface area contributed by atoms with Crippen molar-refractivity contribution in [3.63, 3.8) is 0 Å². The van der Waals surface area contributed by atoms with Crippen LogP contribution in [0.4, 0.5) is 8.78 Å². The molecule has 0 spiro atoms. The van der Waals surface area contributed by atoms with Crippen LogP contribution in [0.5, 0.6) is 0 Å². The van der Waals surface area contributed by atoms with E-state index >= 15 is 0 Å². The van der Waals surface area contributed by atoms with Gasteiger partial charge in [0.1, 0.15) is 11.6 Å². The molecule has 2 N–H and O–H groups in total. The molecule has 0 radical (unpaired) electrons. The second-order valence-corrected chi connectivity index (χ2v) is 6.00. The molecule has 5 heteroatoms. The molecule has 0 amide bonds. The van der Waals surface area contributed by atoms with E-state index in [0.717, 1.165) is 22.2 Å². The fourth-order valence-electron chi connectivity index (χ4n) is 1.85. The number of nitrogens with two attached hydrogens (primary N) is 1. The summed E-state index contributed by atoms with van der Waals surface area (Å²) in [5.41, 5.74) is 7.10. The van der Waals surface area contributed by atoms with Crippen LogP contribution in [0.1, 0.15) is 17.2 Å². The summed E-state index contributed by atoms with van der Waals surface area (Å²) in [6, 6.07) is 9.24. The molecule has 0 saturated heterocycles. The van der Waals surface area contributed by atoms with Crippen LogP contribution in [0.3, 0.4) is 0 Å². The Bertz CT molecular complexity index is 602. The number of hydrogen-bond acceptors (Lipinski definition) is 1. The minimum Gasteiger partial charge on any atom is -0.324 e. The zero-order valence-corrected chi connectivity index (χ0v) is 13.0. The molecule has 0 saturated carbocycles. The van der Waals surface area contributed by atoms with E-state index in [2.05, 4.69) is 31.9 Å². The quantitative estimate of drug-likeness (QED) is 0.753. The van der Waals surface area contributed by atoms with E-state index in [1.165, 1.54) is 0 Å². The Morgan fingerprint density at radius 1 is 1.05 bits per heavy atom. The highest BCUT2D eigenvalue weighted by atomic mass is 79.9. The van der Waals surface area contributed by atoms with Gasteiger partial charge >= 0.3 is 0 Å². The van der Waals surface area contributed by atoms with Gasteiger partial charge in [-0.3, -0.25) is 0 Å². The van der Waals surface area contributed by atoms with E-state index in [-0.39, 0.29) is 10.0 Å². The van der Waals surface area contributed by atoms with Gasteiger partial charge < -0.3 is 5.73 Å². The fourth-order valence-corrected chi connectivity index (χ4v) is 2.61. The van der Waals surface area contributed by atoms with Gasteiger partial charge in [0.2, 0.25) is 0 Å². The summed E-state index contributed by atoms with van der Waals surface area (Å²) in [5.74, 6) is -1.02. The van der Waals surface area contributed by atoms with Crippen LogP contribution in [-0.4, -0.2) is 0 Å². The van der Waals surface area contributed by atoms with Crippen molar-refractivity contribution in [1.82, 2.24) is 0 Å². The molecule has 1 nitrogen and oxygen atoms in total. The highest BCUT2D eigenvalue weighted by Crippen LogP contribution is 2.25. The second-order valence-electron chi connectivity index (χ2n) is 4.23. The molecule has 0 aliphatic carbocycles. The lowest BCUT2D eigenvalue weighted by Crippen LogP contribution is -2.15. The number of rotatable bonds is 3. The van der Waals surface area contributed by atoms with Gasteiger partial charge in [-0.25, -0.2) is 8.78 Å². The van der Waals surface area contributed by atoms with Gasteiger partial charge in [-0.2, -0.15) is 0 Å². The van der Waals surface area contributed by atoms with Gasteiger partial charge in [-0.1, -0.05) is 28.1 Å². The first-order valence-electron chi connectivity index (χ1n) is 5.62. The van der Waals surface area contributed by atoms with Gasteiger partial charge in [0, 0.05) is 16.1 Å². The fraction of sp³-hybridized carbons (Fsp3) is 0.143.